The van der Waals surface area contributed by atoms with Gasteiger partial charge in [-0.2, -0.15) is 0 Å². The first kappa shape index (κ1) is 17.4. The van der Waals surface area contributed by atoms with Crippen molar-refractivity contribution in [1.82, 2.24) is 4.90 Å². The molecule has 3 N–H and O–H groups in total. The summed E-state index contributed by atoms with van der Waals surface area (Å²) >= 11 is 0. The van der Waals surface area contributed by atoms with E-state index in [4.69, 9.17) is 14.9 Å². The first-order valence-electron chi connectivity index (χ1n) is 8.06. The van der Waals surface area contributed by atoms with E-state index in [9.17, 15) is 5.11 Å². The molecule has 0 amide bonds. The number of aliphatic hydroxyl groups excluding tert-OH is 3. The molecule has 1 aliphatic rings. The van der Waals surface area contributed by atoms with Crippen molar-refractivity contribution in [3.63, 3.8) is 0 Å². The summed E-state index contributed by atoms with van der Waals surface area (Å²) < 4.78 is 5.93. The smallest absolute Gasteiger partial charge is 0.0900 e. The van der Waals surface area contributed by atoms with Gasteiger partial charge in [-0.25, -0.2) is 0 Å². The van der Waals surface area contributed by atoms with Gasteiger partial charge in [-0.1, -0.05) is 24.3 Å². The van der Waals surface area contributed by atoms with Crippen molar-refractivity contribution >= 4 is 0 Å². The molecule has 5 nitrogen and oxygen atoms in total. The Balaban J connectivity index is 1.82. The molecule has 0 heterocycles. The van der Waals surface area contributed by atoms with Gasteiger partial charge in [0.25, 0.3) is 0 Å². The Morgan fingerprint density at radius 3 is 2.64 bits per heavy atom. The van der Waals surface area contributed by atoms with Crippen molar-refractivity contribution < 1.29 is 20.1 Å². The van der Waals surface area contributed by atoms with Crippen LogP contribution in [0.5, 0.6) is 0 Å². The maximum Gasteiger partial charge on any atom is 0.0900 e. The van der Waals surface area contributed by atoms with Crippen LogP contribution in [0.1, 0.15) is 30.1 Å². The zero-order valence-electron chi connectivity index (χ0n) is 13.0. The van der Waals surface area contributed by atoms with Gasteiger partial charge >= 0.3 is 0 Å². The molecule has 22 heavy (non-hydrogen) atoms. The van der Waals surface area contributed by atoms with Gasteiger partial charge in [0.15, 0.2) is 0 Å². The summed E-state index contributed by atoms with van der Waals surface area (Å²) in [5, 5.41) is 28.1. The number of fused-ring (bicyclic) bond motifs is 1. The zero-order chi connectivity index (χ0) is 15.8. The lowest BCUT2D eigenvalue weighted by Gasteiger charge is -2.28. The fraction of sp³-hybridized carbons (Fsp3) is 0.647. The quantitative estimate of drug-likeness (QED) is 0.627. The van der Waals surface area contributed by atoms with Gasteiger partial charge in [0.2, 0.25) is 0 Å². The highest BCUT2D eigenvalue weighted by atomic mass is 16.5. The summed E-state index contributed by atoms with van der Waals surface area (Å²) in [5.41, 5.74) is 2.58. The van der Waals surface area contributed by atoms with Crippen molar-refractivity contribution in [3.8, 4) is 0 Å². The monoisotopic (exact) mass is 309 g/mol. The normalized spacial score (nSPS) is 19.2. The molecule has 124 valence electrons. The van der Waals surface area contributed by atoms with Gasteiger partial charge in [0.1, 0.15) is 0 Å². The van der Waals surface area contributed by atoms with E-state index in [0.29, 0.717) is 19.6 Å². The summed E-state index contributed by atoms with van der Waals surface area (Å²) in [6, 6.07) is 8.33. The van der Waals surface area contributed by atoms with Crippen molar-refractivity contribution in [2.45, 2.75) is 31.5 Å². The molecule has 0 spiro atoms. The van der Waals surface area contributed by atoms with E-state index in [0.717, 1.165) is 19.3 Å². The van der Waals surface area contributed by atoms with Crippen LogP contribution in [0.15, 0.2) is 24.3 Å². The fourth-order valence-electron chi connectivity index (χ4n) is 3.04. The second kappa shape index (κ2) is 9.22. The van der Waals surface area contributed by atoms with E-state index in [1.807, 2.05) is 11.0 Å². The highest BCUT2D eigenvalue weighted by Gasteiger charge is 2.21. The molecule has 0 saturated heterocycles. The number of ether oxygens (including phenoxy) is 1. The van der Waals surface area contributed by atoms with Gasteiger partial charge in [-0.05, 0) is 30.4 Å². The summed E-state index contributed by atoms with van der Waals surface area (Å²) in [7, 11) is 0. The number of aryl methyl sites for hydroxylation is 1. The molecular weight excluding hydrogens is 282 g/mol. The Bertz CT molecular complexity index is 434. The van der Waals surface area contributed by atoms with Gasteiger partial charge < -0.3 is 20.1 Å². The predicted octanol–water partition coefficient (Wildman–Crippen LogP) is 0.728. The second-order valence-electron chi connectivity index (χ2n) is 5.81. The molecule has 0 aromatic heterocycles. The van der Waals surface area contributed by atoms with Crippen LogP contribution in [0.2, 0.25) is 0 Å². The molecule has 0 radical (unpaired) electrons. The third kappa shape index (κ3) is 5.04. The number of nitrogens with zero attached hydrogens (tertiary/aromatic N) is 1. The van der Waals surface area contributed by atoms with Crippen molar-refractivity contribution in [2.24, 2.45) is 0 Å². The van der Waals surface area contributed by atoms with E-state index in [1.54, 1.807) is 0 Å². The molecule has 1 aliphatic carbocycles. The van der Waals surface area contributed by atoms with Gasteiger partial charge in [-0.3, -0.25) is 4.90 Å². The zero-order valence-corrected chi connectivity index (χ0v) is 13.0. The number of aliphatic hydroxyl groups is 3. The Morgan fingerprint density at radius 2 is 1.91 bits per heavy atom. The Hall–Kier alpha value is -0.980. The van der Waals surface area contributed by atoms with Gasteiger partial charge in [-0.15, -0.1) is 0 Å². The molecule has 1 aromatic carbocycles. The number of benzene rings is 1. The largest absolute Gasteiger partial charge is 0.395 e. The van der Waals surface area contributed by atoms with Crippen LogP contribution < -0.4 is 0 Å². The number of hydrogen-bond donors (Lipinski definition) is 3. The highest BCUT2D eigenvalue weighted by Crippen LogP contribution is 2.32. The summed E-state index contributed by atoms with van der Waals surface area (Å²) in [5.74, 6) is 0. The molecule has 5 heteroatoms. The molecule has 1 aromatic rings. The summed E-state index contributed by atoms with van der Waals surface area (Å²) in [6.45, 7) is 1.60. The lowest BCUT2D eigenvalue weighted by molar-refractivity contribution is -0.0303. The minimum atomic E-state index is -0.618. The topological polar surface area (TPSA) is 73.2 Å². The Morgan fingerprint density at radius 1 is 1.18 bits per heavy atom. The third-order valence-electron chi connectivity index (χ3n) is 4.11. The van der Waals surface area contributed by atoms with Crippen molar-refractivity contribution in [1.29, 1.82) is 0 Å². The Kier molecular flexibility index (Phi) is 7.29. The van der Waals surface area contributed by atoms with Crippen molar-refractivity contribution in [3.05, 3.63) is 35.4 Å². The summed E-state index contributed by atoms with van der Waals surface area (Å²) in [6.07, 6.45) is 2.63. The molecular formula is C17H27NO4. The van der Waals surface area contributed by atoms with Gasteiger partial charge in [0.05, 0.1) is 32.0 Å². The van der Waals surface area contributed by atoms with Crippen LogP contribution in [0, 0.1) is 0 Å². The highest BCUT2D eigenvalue weighted by molar-refractivity contribution is 5.31. The fourth-order valence-corrected chi connectivity index (χ4v) is 3.04. The SMILES string of the molecule is OCCN(CCO)C[C@H](O)CO[C@H]1CCCc2ccccc21. The van der Waals surface area contributed by atoms with Crippen LogP contribution in [0.25, 0.3) is 0 Å². The average molecular weight is 309 g/mol. The molecule has 0 unspecified atom stereocenters. The van der Waals surface area contributed by atoms with Crippen LogP contribution in [-0.4, -0.2) is 65.8 Å². The van der Waals surface area contributed by atoms with Gasteiger partial charge in [0, 0.05) is 19.6 Å². The Labute approximate surface area is 132 Å². The molecule has 2 rings (SSSR count). The maximum absolute atomic E-state index is 10.1. The predicted molar refractivity (Wildman–Crippen MR) is 84.7 cm³/mol. The molecule has 0 fully saturated rings. The van der Waals surface area contributed by atoms with Crippen LogP contribution in [0.3, 0.4) is 0 Å². The maximum atomic E-state index is 10.1. The minimum Gasteiger partial charge on any atom is -0.395 e. The first-order valence-corrected chi connectivity index (χ1v) is 8.06. The van der Waals surface area contributed by atoms with Crippen LogP contribution in [-0.2, 0) is 11.2 Å². The van der Waals surface area contributed by atoms with E-state index >= 15 is 0 Å². The number of hydrogen-bond acceptors (Lipinski definition) is 5. The van der Waals surface area contributed by atoms with Crippen molar-refractivity contribution in [2.75, 3.05) is 39.5 Å². The second-order valence-corrected chi connectivity index (χ2v) is 5.81. The standard InChI is InChI=1S/C17H27NO4/c19-10-8-18(9-11-20)12-15(21)13-22-17-7-3-5-14-4-1-2-6-16(14)17/h1-2,4,6,15,17,19-21H,3,5,7-13H2/t15-,17-/m0/s1. The molecule has 0 bridgehead atoms. The lowest BCUT2D eigenvalue weighted by atomic mass is 9.89. The van der Waals surface area contributed by atoms with Crippen LogP contribution >= 0.6 is 0 Å². The first-order chi connectivity index (χ1) is 10.7. The van der Waals surface area contributed by atoms with E-state index in [-0.39, 0.29) is 25.9 Å². The minimum absolute atomic E-state index is 0.0174. The lowest BCUT2D eigenvalue weighted by Crippen LogP contribution is -2.38. The summed E-state index contributed by atoms with van der Waals surface area (Å²) in [4.78, 5) is 1.84. The number of rotatable bonds is 9. The average Bonchev–Trinajstić information content (AvgIpc) is 2.53. The third-order valence-corrected chi connectivity index (χ3v) is 4.11. The molecule has 0 aliphatic heterocycles. The van der Waals surface area contributed by atoms with E-state index in [1.165, 1.54) is 11.1 Å². The van der Waals surface area contributed by atoms with E-state index in [2.05, 4.69) is 18.2 Å². The van der Waals surface area contributed by atoms with Crippen LogP contribution in [0.4, 0.5) is 0 Å². The molecule has 0 saturated carbocycles. The molecule has 2 atom stereocenters. The van der Waals surface area contributed by atoms with E-state index < -0.39 is 6.10 Å².